The molecule has 0 radical (unpaired) electrons. The van der Waals surface area contributed by atoms with E-state index < -0.39 is 11.7 Å². The molecule has 26 heavy (non-hydrogen) atoms. The zero-order chi connectivity index (χ0) is 18.9. The number of ether oxygens (including phenoxy) is 1. The summed E-state index contributed by atoms with van der Waals surface area (Å²) in [6, 6.07) is 9.37. The summed E-state index contributed by atoms with van der Waals surface area (Å²) in [6.07, 6.45) is 1.19. The van der Waals surface area contributed by atoms with Crippen molar-refractivity contribution in [3.8, 4) is 11.5 Å². The number of benzene rings is 1. The highest BCUT2D eigenvalue weighted by Gasteiger charge is 2.20. The highest BCUT2D eigenvalue weighted by Crippen LogP contribution is 2.30. The van der Waals surface area contributed by atoms with Gasteiger partial charge in [0.25, 0.3) is 0 Å². The smallest absolute Gasteiger partial charge is 0.412 e. The number of anilines is 1. The van der Waals surface area contributed by atoms with Crippen molar-refractivity contribution in [2.45, 2.75) is 46.1 Å². The minimum atomic E-state index is -0.576. The number of para-hydroxylation sites is 2. The van der Waals surface area contributed by atoms with Gasteiger partial charge < -0.3 is 9.15 Å². The Balaban J connectivity index is 1.96. The van der Waals surface area contributed by atoms with Crippen LogP contribution >= 0.6 is 0 Å². The molecular weight excluding hydrogens is 330 g/mol. The first-order chi connectivity index (χ1) is 12.2. The SMILES string of the molecule is CC(C)c1ncc(-c2nc3ccccc3o2)cc1NC(=O)OC(C)(C)C. The molecule has 3 rings (SSSR count). The molecule has 1 N–H and O–H groups in total. The summed E-state index contributed by atoms with van der Waals surface area (Å²) in [7, 11) is 0. The molecule has 0 atom stereocenters. The molecule has 1 amide bonds. The number of rotatable bonds is 3. The van der Waals surface area contributed by atoms with Gasteiger partial charge in [-0.25, -0.2) is 9.78 Å². The molecule has 6 nitrogen and oxygen atoms in total. The summed E-state index contributed by atoms with van der Waals surface area (Å²) < 4.78 is 11.2. The number of carbonyl (C=O) groups is 1. The number of oxazole rings is 1. The molecule has 3 aromatic rings. The lowest BCUT2D eigenvalue weighted by molar-refractivity contribution is 0.0635. The van der Waals surface area contributed by atoms with Crippen molar-refractivity contribution in [2.75, 3.05) is 5.32 Å². The van der Waals surface area contributed by atoms with Crippen LogP contribution in [-0.2, 0) is 4.74 Å². The standard InChI is InChI=1S/C20H23N3O3/c1-12(2)17-15(23-19(24)26-20(3,4)5)10-13(11-21-17)18-22-14-8-6-7-9-16(14)25-18/h6-12H,1-5H3,(H,23,24). The minimum Gasteiger partial charge on any atom is -0.444 e. The van der Waals surface area contributed by atoms with E-state index in [1.54, 1.807) is 6.20 Å². The van der Waals surface area contributed by atoms with Crippen molar-refractivity contribution in [2.24, 2.45) is 0 Å². The molecule has 0 unspecified atom stereocenters. The van der Waals surface area contributed by atoms with Gasteiger partial charge in [0, 0.05) is 6.20 Å². The van der Waals surface area contributed by atoms with E-state index >= 15 is 0 Å². The van der Waals surface area contributed by atoms with Gasteiger partial charge in [0.05, 0.1) is 16.9 Å². The second kappa shape index (κ2) is 6.78. The predicted molar refractivity (Wildman–Crippen MR) is 101 cm³/mol. The van der Waals surface area contributed by atoms with Crippen molar-refractivity contribution in [1.29, 1.82) is 0 Å². The van der Waals surface area contributed by atoms with Gasteiger partial charge >= 0.3 is 6.09 Å². The third-order valence-corrected chi connectivity index (χ3v) is 3.64. The van der Waals surface area contributed by atoms with Gasteiger partial charge in [-0.2, -0.15) is 0 Å². The van der Waals surface area contributed by atoms with Crippen molar-refractivity contribution >= 4 is 22.9 Å². The second-order valence-corrected chi connectivity index (χ2v) is 7.43. The first-order valence-corrected chi connectivity index (χ1v) is 8.59. The van der Waals surface area contributed by atoms with Crippen LogP contribution in [0.2, 0.25) is 0 Å². The van der Waals surface area contributed by atoms with Gasteiger partial charge in [0.1, 0.15) is 11.1 Å². The molecule has 0 bridgehead atoms. The van der Waals surface area contributed by atoms with Gasteiger partial charge in [-0.1, -0.05) is 26.0 Å². The number of carbonyl (C=O) groups excluding carboxylic acids is 1. The van der Waals surface area contributed by atoms with Gasteiger partial charge in [-0.15, -0.1) is 0 Å². The van der Waals surface area contributed by atoms with Crippen LogP contribution in [0, 0.1) is 0 Å². The number of fused-ring (bicyclic) bond motifs is 1. The summed E-state index contributed by atoms with van der Waals surface area (Å²) in [6.45, 7) is 9.50. The van der Waals surface area contributed by atoms with E-state index in [1.807, 2.05) is 65.0 Å². The Bertz CT molecular complexity index is 906. The molecule has 0 fully saturated rings. The Kier molecular flexibility index (Phi) is 4.68. The molecule has 136 valence electrons. The molecule has 0 saturated carbocycles. The van der Waals surface area contributed by atoms with Crippen LogP contribution in [0.5, 0.6) is 0 Å². The summed E-state index contributed by atoms with van der Waals surface area (Å²) in [5.41, 5.74) is 2.96. The molecule has 2 heterocycles. The zero-order valence-electron chi connectivity index (χ0n) is 15.7. The Morgan fingerprint density at radius 3 is 2.62 bits per heavy atom. The first kappa shape index (κ1) is 17.9. The van der Waals surface area contributed by atoms with E-state index in [9.17, 15) is 4.79 Å². The molecule has 0 saturated heterocycles. The van der Waals surface area contributed by atoms with E-state index in [2.05, 4.69) is 15.3 Å². The maximum Gasteiger partial charge on any atom is 0.412 e. The van der Waals surface area contributed by atoms with Crippen LogP contribution in [0.1, 0.15) is 46.2 Å². The molecular formula is C20H23N3O3. The topological polar surface area (TPSA) is 77.3 Å². The maximum absolute atomic E-state index is 12.2. The zero-order valence-corrected chi connectivity index (χ0v) is 15.7. The Hall–Kier alpha value is -2.89. The number of aromatic nitrogens is 2. The van der Waals surface area contributed by atoms with Crippen LogP contribution in [-0.4, -0.2) is 21.7 Å². The monoisotopic (exact) mass is 353 g/mol. The lowest BCUT2D eigenvalue weighted by atomic mass is 10.1. The van der Waals surface area contributed by atoms with Gasteiger partial charge in [0.2, 0.25) is 5.89 Å². The summed E-state index contributed by atoms with van der Waals surface area (Å²) in [4.78, 5) is 21.2. The molecule has 1 aromatic carbocycles. The first-order valence-electron chi connectivity index (χ1n) is 8.59. The Morgan fingerprint density at radius 2 is 1.96 bits per heavy atom. The summed E-state index contributed by atoms with van der Waals surface area (Å²) >= 11 is 0. The highest BCUT2D eigenvalue weighted by atomic mass is 16.6. The molecule has 0 aliphatic heterocycles. The molecule has 6 heteroatoms. The summed E-state index contributed by atoms with van der Waals surface area (Å²) in [5, 5.41) is 2.80. The minimum absolute atomic E-state index is 0.137. The average Bonchev–Trinajstić information content (AvgIpc) is 2.96. The number of nitrogens with zero attached hydrogens (tertiary/aromatic N) is 2. The number of nitrogens with one attached hydrogen (secondary N) is 1. The molecule has 0 spiro atoms. The summed E-state index contributed by atoms with van der Waals surface area (Å²) in [5.74, 6) is 0.596. The lowest BCUT2D eigenvalue weighted by Gasteiger charge is -2.21. The molecule has 0 aliphatic rings. The van der Waals surface area contributed by atoms with Crippen molar-refractivity contribution in [3.05, 3.63) is 42.2 Å². The fraction of sp³-hybridized carbons (Fsp3) is 0.350. The average molecular weight is 353 g/mol. The van der Waals surface area contributed by atoms with Gasteiger partial charge in [-0.05, 0) is 44.9 Å². The van der Waals surface area contributed by atoms with E-state index in [-0.39, 0.29) is 5.92 Å². The largest absolute Gasteiger partial charge is 0.444 e. The van der Waals surface area contributed by atoms with E-state index in [0.29, 0.717) is 22.7 Å². The quantitative estimate of drug-likeness (QED) is 0.686. The third kappa shape index (κ3) is 4.02. The number of amides is 1. The van der Waals surface area contributed by atoms with Crippen LogP contribution in [0.15, 0.2) is 40.9 Å². The number of pyridine rings is 1. The van der Waals surface area contributed by atoms with E-state index in [4.69, 9.17) is 9.15 Å². The predicted octanol–water partition coefficient (Wildman–Crippen LogP) is 5.36. The molecule has 2 aromatic heterocycles. The van der Waals surface area contributed by atoms with Crippen molar-refractivity contribution in [1.82, 2.24) is 9.97 Å². The van der Waals surface area contributed by atoms with Crippen molar-refractivity contribution < 1.29 is 13.9 Å². The van der Waals surface area contributed by atoms with Crippen LogP contribution in [0.25, 0.3) is 22.6 Å². The second-order valence-electron chi connectivity index (χ2n) is 7.43. The number of hydrogen-bond acceptors (Lipinski definition) is 5. The fourth-order valence-electron chi connectivity index (χ4n) is 2.56. The van der Waals surface area contributed by atoms with Crippen molar-refractivity contribution in [3.63, 3.8) is 0 Å². The van der Waals surface area contributed by atoms with E-state index in [1.165, 1.54) is 0 Å². The molecule has 0 aliphatic carbocycles. The highest BCUT2D eigenvalue weighted by molar-refractivity contribution is 5.87. The normalized spacial score (nSPS) is 11.8. The maximum atomic E-state index is 12.2. The van der Waals surface area contributed by atoms with Crippen LogP contribution < -0.4 is 5.32 Å². The van der Waals surface area contributed by atoms with Crippen LogP contribution in [0.3, 0.4) is 0 Å². The van der Waals surface area contributed by atoms with Gasteiger partial charge in [0.15, 0.2) is 5.58 Å². The Morgan fingerprint density at radius 1 is 1.23 bits per heavy atom. The van der Waals surface area contributed by atoms with E-state index in [0.717, 1.165) is 11.2 Å². The number of hydrogen-bond donors (Lipinski definition) is 1. The van der Waals surface area contributed by atoms with Crippen LogP contribution in [0.4, 0.5) is 10.5 Å². The Labute approximate surface area is 152 Å². The van der Waals surface area contributed by atoms with Gasteiger partial charge in [-0.3, -0.25) is 10.3 Å². The fourth-order valence-corrected chi connectivity index (χ4v) is 2.56. The lowest BCUT2D eigenvalue weighted by Crippen LogP contribution is -2.27. The third-order valence-electron chi connectivity index (χ3n) is 3.64.